The number of halogens is 3. The molecule has 2 rings (SSSR count). The highest BCUT2D eigenvalue weighted by atomic mass is 19.4. The van der Waals surface area contributed by atoms with Crippen LogP contribution >= 0.6 is 0 Å². The summed E-state index contributed by atoms with van der Waals surface area (Å²) in [5.74, 6) is -0.419. The van der Waals surface area contributed by atoms with Crippen LogP contribution in [0.1, 0.15) is 21.5 Å². The zero-order valence-electron chi connectivity index (χ0n) is 12.7. The summed E-state index contributed by atoms with van der Waals surface area (Å²) >= 11 is 0. The van der Waals surface area contributed by atoms with E-state index in [1.807, 2.05) is 19.9 Å². The molecule has 0 saturated heterocycles. The standard InChI is InChI=1S/C17H16F3NO2/c1-11-6-5-7-13(12(11)2)16(22)21-14-8-3-4-9-15(14)23-10-17(18,19)20/h3-9H,10H2,1-2H3,(H,21,22). The minimum atomic E-state index is -4.44. The SMILES string of the molecule is Cc1cccc(C(=O)Nc2ccccc2OCC(F)(F)F)c1C. The molecule has 0 atom stereocenters. The molecule has 0 aliphatic rings. The predicted octanol–water partition coefficient (Wildman–Crippen LogP) is 4.50. The number of anilines is 1. The fourth-order valence-corrected chi connectivity index (χ4v) is 2.04. The molecule has 6 heteroatoms. The highest BCUT2D eigenvalue weighted by molar-refractivity contribution is 6.06. The molecule has 2 aromatic rings. The molecule has 23 heavy (non-hydrogen) atoms. The van der Waals surface area contributed by atoms with Crippen LogP contribution in [0.15, 0.2) is 42.5 Å². The molecule has 1 amide bonds. The number of para-hydroxylation sites is 2. The van der Waals surface area contributed by atoms with Crippen LogP contribution in [-0.4, -0.2) is 18.7 Å². The third kappa shape index (κ3) is 4.48. The van der Waals surface area contributed by atoms with E-state index in [1.165, 1.54) is 12.1 Å². The maximum atomic E-state index is 12.4. The summed E-state index contributed by atoms with van der Waals surface area (Å²) in [6, 6.07) is 11.3. The van der Waals surface area contributed by atoms with Crippen molar-refractivity contribution in [3.63, 3.8) is 0 Å². The second-order valence-electron chi connectivity index (χ2n) is 5.10. The molecule has 0 aliphatic carbocycles. The van der Waals surface area contributed by atoms with Gasteiger partial charge in [0.25, 0.3) is 5.91 Å². The van der Waals surface area contributed by atoms with E-state index in [0.29, 0.717) is 5.56 Å². The Morgan fingerprint density at radius 2 is 1.78 bits per heavy atom. The van der Waals surface area contributed by atoms with E-state index < -0.39 is 18.7 Å². The zero-order chi connectivity index (χ0) is 17.0. The van der Waals surface area contributed by atoms with Crippen LogP contribution in [0.3, 0.4) is 0 Å². The lowest BCUT2D eigenvalue weighted by molar-refractivity contribution is -0.153. The summed E-state index contributed by atoms with van der Waals surface area (Å²) in [7, 11) is 0. The van der Waals surface area contributed by atoms with E-state index in [1.54, 1.807) is 24.3 Å². The van der Waals surface area contributed by atoms with Crippen molar-refractivity contribution in [3.8, 4) is 5.75 Å². The third-order valence-electron chi connectivity index (χ3n) is 3.38. The molecule has 0 unspecified atom stereocenters. The van der Waals surface area contributed by atoms with Gasteiger partial charge in [0.1, 0.15) is 5.75 Å². The second-order valence-corrected chi connectivity index (χ2v) is 5.10. The first kappa shape index (κ1) is 16.9. The first-order valence-corrected chi connectivity index (χ1v) is 6.94. The number of alkyl halides is 3. The number of aryl methyl sites for hydroxylation is 1. The van der Waals surface area contributed by atoms with Gasteiger partial charge in [0.2, 0.25) is 0 Å². The normalized spacial score (nSPS) is 11.2. The molecule has 0 heterocycles. The molecule has 0 saturated carbocycles. The molecule has 0 radical (unpaired) electrons. The minimum absolute atomic E-state index is 0.0246. The predicted molar refractivity (Wildman–Crippen MR) is 81.9 cm³/mol. The van der Waals surface area contributed by atoms with Gasteiger partial charge < -0.3 is 10.1 Å². The highest BCUT2D eigenvalue weighted by Crippen LogP contribution is 2.27. The zero-order valence-corrected chi connectivity index (χ0v) is 12.7. The summed E-state index contributed by atoms with van der Waals surface area (Å²) < 4.78 is 41.6. The number of carbonyl (C=O) groups is 1. The van der Waals surface area contributed by atoms with E-state index in [9.17, 15) is 18.0 Å². The Balaban J connectivity index is 2.20. The van der Waals surface area contributed by atoms with Gasteiger partial charge in [-0.15, -0.1) is 0 Å². The van der Waals surface area contributed by atoms with Crippen LogP contribution in [0, 0.1) is 13.8 Å². The molecule has 0 aromatic heterocycles. The van der Waals surface area contributed by atoms with Gasteiger partial charge in [-0.25, -0.2) is 0 Å². The van der Waals surface area contributed by atoms with Gasteiger partial charge in [-0.05, 0) is 43.2 Å². The van der Waals surface area contributed by atoms with Crippen molar-refractivity contribution in [2.24, 2.45) is 0 Å². The Bertz CT molecular complexity index is 711. The summed E-state index contributed by atoms with van der Waals surface area (Å²) in [5, 5.41) is 2.60. The van der Waals surface area contributed by atoms with E-state index in [2.05, 4.69) is 5.32 Å². The fraction of sp³-hybridized carbons (Fsp3) is 0.235. The average molecular weight is 323 g/mol. The van der Waals surface area contributed by atoms with Crippen molar-refractivity contribution in [1.82, 2.24) is 0 Å². The van der Waals surface area contributed by atoms with Gasteiger partial charge in [0.15, 0.2) is 6.61 Å². The van der Waals surface area contributed by atoms with Crippen molar-refractivity contribution in [2.75, 3.05) is 11.9 Å². The van der Waals surface area contributed by atoms with Crippen molar-refractivity contribution in [2.45, 2.75) is 20.0 Å². The highest BCUT2D eigenvalue weighted by Gasteiger charge is 2.29. The van der Waals surface area contributed by atoms with Crippen LogP contribution < -0.4 is 10.1 Å². The van der Waals surface area contributed by atoms with Gasteiger partial charge in [-0.1, -0.05) is 24.3 Å². The molecule has 0 spiro atoms. The van der Waals surface area contributed by atoms with E-state index in [0.717, 1.165) is 11.1 Å². The van der Waals surface area contributed by atoms with Crippen molar-refractivity contribution in [3.05, 3.63) is 59.2 Å². The lowest BCUT2D eigenvalue weighted by atomic mass is 10.0. The Kier molecular flexibility index (Phi) is 4.93. The number of hydrogen-bond donors (Lipinski definition) is 1. The van der Waals surface area contributed by atoms with Crippen LogP contribution in [0.4, 0.5) is 18.9 Å². The van der Waals surface area contributed by atoms with E-state index in [4.69, 9.17) is 4.74 Å². The van der Waals surface area contributed by atoms with Gasteiger partial charge in [0, 0.05) is 5.56 Å². The maximum Gasteiger partial charge on any atom is 0.422 e. The maximum absolute atomic E-state index is 12.4. The Morgan fingerprint density at radius 1 is 1.09 bits per heavy atom. The smallest absolute Gasteiger partial charge is 0.422 e. The molecule has 0 aliphatic heterocycles. The van der Waals surface area contributed by atoms with Crippen LogP contribution in [-0.2, 0) is 0 Å². The first-order valence-electron chi connectivity index (χ1n) is 6.94. The number of rotatable bonds is 4. The Morgan fingerprint density at radius 3 is 2.48 bits per heavy atom. The number of nitrogens with one attached hydrogen (secondary N) is 1. The average Bonchev–Trinajstić information content (AvgIpc) is 2.48. The Labute approximate surface area is 132 Å². The van der Waals surface area contributed by atoms with Gasteiger partial charge >= 0.3 is 6.18 Å². The number of carbonyl (C=O) groups excluding carboxylic acids is 1. The monoisotopic (exact) mass is 323 g/mol. The summed E-state index contributed by atoms with van der Waals surface area (Å²) in [4.78, 5) is 12.4. The van der Waals surface area contributed by atoms with Crippen molar-refractivity contribution >= 4 is 11.6 Å². The van der Waals surface area contributed by atoms with Gasteiger partial charge in [-0.2, -0.15) is 13.2 Å². The summed E-state index contributed by atoms with van der Waals surface area (Å²) in [6.45, 7) is 2.28. The fourth-order valence-electron chi connectivity index (χ4n) is 2.04. The van der Waals surface area contributed by atoms with E-state index in [-0.39, 0.29) is 11.4 Å². The quantitative estimate of drug-likeness (QED) is 0.900. The van der Waals surface area contributed by atoms with Crippen LogP contribution in [0.25, 0.3) is 0 Å². The van der Waals surface area contributed by atoms with Crippen molar-refractivity contribution < 1.29 is 22.7 Å². The lowest BCUT2D eigenvalue weighted by Crippen LogP contribution is -2.20. The number of hydrogen-bond acceptors (Lipinski definition) is 2. The summed E-state index contributed by atoms with van der Waals surface area (Å²) in [5.41, 5.74) is 2.44. The van der Waals surface area contributed by atoms with Crippen LogP contribution in [0.2, 0.25) is 0 Å². The molecule has 1 N–H and O–H groups in total. The number of benzene rings is 2. The van der Waals surface area contributed by atoms with E-state index >= 15 is 0 Å². The van der Waals surface area contributed by atoms with Crippen LogP contribution in [0.5, 0.6) is 5.75 Å². The lowest BCUT2D eigenvalue weighted by Gasteiger charge is -2.14. The largest absolute Gasteiger partial charge is 0.482 e. The first-order chi connectivity index (χ1) is 10.8. The molecular weight excluding hydrogens is 307 g/mol. The van der Waals surface area contributed by atoms with Gasteiger partial charge in [0.05, 0.1) is 5.69 Å². The molecule has 122 valence electrons. The third-order valence-corrected chi connectivity index (χ3v) is 3.38. The van der Waals surface area contributed by atoms with Gasteiger partial charge in [-0.3, -0.25) is 4.79 Å². The topological polar surface area (TPSA) is 38.3 Å². The molecule has 3 nitrogen and oxygen atoms in total. The molecular formula is C17H16F3NO2. The molecule has 0 bridgehead atoms. The summed E-state index contributed by atoms with van der Waals surface area (Å²) in [6.07, 6.45) is -4.44. The number of amides is 1. The molecule has 0 fully saturated rings. The Hall–Kier alpha value is -2.50. The van der Waals surface area contributed by atoms with Crippen molar-refractivity contribution in [1.29, 1.82) is 0 Å². The minimum Gasteiger partial charge on any atom is -0.482 e. The number of ether oxygens (including phenoxy) is 1. The second kappa shape index (κ2) is 6.73. The molecule has 2 aromatic carbocycles.